The SMILES string of the molecule is CCCC[C@@]1(C)NC(=O)N(CC(=O)N[C@H]2CCOc3ccccc32)C1=O. The van der Waals surface area contributed by atoms with Gasteiger partial charge in [0.2, 0.25) is 5.91 Å². The van der Waals surface area contributed by atoms with Crippen molar-refractivity contribution in [3.05, 3.63) is 29.8 Å². The van der Waals surface area contributed by atoms with Crippen molar-refractivity contribution < 1.29 is 19.1 Å². The third kappa shape index (κ3) is 3.52. The maximum absolute atomic E-state index is 12.6. The summed E-state index contributed by atoms with van der Waals surface area (Å²) in [6.07, 6.45) is 2.99. The van der Waals surface area contributed by atoms with E-state index in [2.05, 4.69) is 10.6 Å². The molecule has 0 aromatic heterocycles. The van der Waals surface area contributed by atoms with Gasteiger partial charge in [-0.3, -0.25) is 14.5 Å². The molecule has 2 heterocycles. The predicted octanol–water partition coefficient (Wildman–Crippen LogP) is 2.13. The van der Waals surface area contributed by atoms with Crippen LogP contribution in [0.15, 0.2) is 24.3 Å². The van der Waals surface area contributed by atoms with E-state index in [9.17, 15) is 14.4 Å². The van der Waals surface area contributed by atoms with Gasteiger partial charge in [0.05, 0.1) is 12.6 Å². The number of unbranched alkanes of at least 4 members (excludes halogenated alkanes) is 1. The highest BCUT2D eigenvalue weighted by Crippen LogP contribution is 2.31. The fourth-order valence-electron chi connectivity index (χ4n) is 3.47. The van der Waals surface area contributed by atoms with E-state index < -0.39 is 11.6 Å². The third-order valence-corrected chi connectivity index (χ3v) is 4.97. The van der Waals surface area contributed by atoms with E-state index in [1.54, 1.807) is 6.92 Å². The molecule has 0 spiro atoms. The lowest BCUT2D eigenvalue weighted by molar-refractivity contribution is -0.135. The van der Waals surface area contributed by atoms with Gasteiger partial charge in [-0.15, -0.1) is 0 Å². The zero-order valence-electron chi connectivity index (χ0n) is 15.2. The van der Waals surface area contributed by atoms with Gasteiger partial charge >= 0.3 is 6.03 Å². The summed E-state index contributed by atoms with van der Waals surface area (Å²) in [5, 5.41) is 5.65. The van der Waals surface area contributed by atoms with E-state index in [0.717, 1.165) is 29.1 Å². The minimum atomic E-state index is -0.918. The summed E-state index contributed by atoms with van der Waals surface area (Å²) in [6, 6.07) is 6.87. The molecule has 1 aromatic carbocycles. The van der Waals surface area contributed by atoms with Crippen LogP contribution in [-0.4, -0.2) is 41.4 Å². The third-order valence-electron chi connectivity index (χ3n) is 4.97. The maximum Gasteiger partial charge on any atom is 0.325 e. The monoisotopic (exact) mass is 359 g/mol. The van der Waals surface area contributed by atoms with Crippen molar-refractivity contribution in [2.45, 2.75) is 51.1 Å². The van der Waals surface area contributed by atoms with E-state index in [1.165, 1.54) is 0 Å². The van der Waals surface area contributed by atoms with Crippen molar-refractivity contribution in [1.29, 1.82) is 0 Å². The smallest absolute Gasteiger partial charge is 0.325 e. The molecule has 2 N–H and O–H groups in total. The second kappa shape index (κ2) is 7.35. The van der Waals surface area contributed by atoms with E-state index in [4.69, 9.17) is 4.74 Å². The van der Waals surface area contributed by atoms with Gasteiger partial charge in [0.1, 0.15) is 17.8 Å². The van der Waals surface area contributed by atoms with Gasteiger partial charge in [0.15, 0.2) is 0 Å². The molecule has 0 aliphatic carbocycles. The number of urea groups is 1. The molecule has 1 saturated heterocycles. The molecule has 26 heavy (non-hydrogen) atoms. The van der Waals surface area contributed by atoms with Crippen LogP contribution >= 0.6 is 0 Å². The number of imide groups is 1. The summed E-state index contributed by atoms with van der Waals surface area (Å²) in [4.78, 5) is 38.3. The molecular formula is C19H25N3O4. The molecule has 2 atom stereocenters. The summed E-state index contributed by atoms with van der Waals surface area (Å²) in [5.41, 5.74) is -0.00404. The lowest BCUT2D eigenvalue weighted by atomic mass is 9.95. The van der Waals surface area contributed by atoms with Crippen molar-refractivity contribution in [1.82, 2.24) is 15.5 Å². The fourth-order valence-corrected chi connectivity index (χ4v) is 3.47. The van der Waals surface area contributed by atoms with Crippen molar-refractivity contribution in [3.63, 3.8) is 0 Å². The van der Waals surface area contributed by atoms with Crippen molar-refractivity contribution >= 4 is 17.8 Å². The van der Waals surface area contributed by atoms with E-state index >= 15 is 0 Å². The number of hydrogen-bond acceptors (Lipinski definition) is 4. The molecule has 0 radical (unpaired) electrons. The molecule has 4 amide bonds. The molecule has 7 heteroatoms. The van der Waals surface area contributed by atoms with Gasteiger partial charge in [-0.05, 0) is 19.4 Å². The number of fused-ring (bicyclic) bond motifs is 1. The molecule has 140 valence electrons. The maximum atomic E-state index is 12.6. The molecule has 3 rings (SSSR count). The van der Waals surface area contributed by atoms with E-state index in [1.807, 2.05) is 31.2 Å². The normalized spacial score (nSPS) is 24.7. The second-order valence-electron chi connectivity index (χ2n) is 7.05. The number of carbonyl (C=O) groups excluding carboxylic acids is 3. The Morgan fingerprint density at radius 2 is 2.15 bits per heavy atom. The summed E-state index contributed by atoms with van der Waals surface area (Å²) < 4.78 is 5.59. The highest BCUT2D eigenvalue weighted by Gasteiger charge is 2.47. The van der Waals surface area contributed by atoms with E-state index in [-0.39, 0.29) is 24.4 Å². The minimum Gasteiger partial charge on any atom is -0.493 e. The number of ether oxygens (including phenoxy) is 1. The quantitative estimate of drug-likeness (QED) is 0.762. The first kappa shape index (κ1) is 18.2. The van der Waals surface area contributed by atoms with Gasteiger partial charge in [0.25, 0.3) is 5.91 Å². The number of carbonyl (C=O) groups is 3. The van der Waals surface area contributed by atoms with Crippen LogP contribution in [0.1, 0.15) is 51.1 Å². The first-order valence-electron chi connectivity index (χ1n) is 9.10. The summed E-state index contributed by atoms with van der Waals surface area (Å²) in [5.74, 6) is 0.0691. The van der Waals surface area contributed by atoms with E-state index in [0.29, 0.717) is 19.4 Å². The largest absolute Gasteiger partial charge is 0.493 e. The number of nitrogens with one attached hydrogen (secondary N) is 2. The highest BCUT2D eigenvalue weighted by atomic mass is 16.5. The van der Waals surface area contributed by atoms with Crippen molar-refractivity contribution in [3.8, 4) is 5.75 Å². The molecule has 0 saturated carbocycles. The first-order chi connectivity index (χ1) is 12.4. The molecule has 1 fully saturated rings. The Labute approximate surface area is 153 Å². The predicted molar refractivity (Wildman–Crippen MR) is 95.6 cm³/mol. The lowest BCUT2D eigenvalue weighted by Crippen LogP contribution is -2.45. The topological polar surface area (TPSA) is 87.7 Å². The number of nitrogens with zero attached hydrogens (tertiary/aromatic N) is 1. The Morgan fingerprint density at radius 1 is 1.38 bits per heavy atom. The van der Waals surface area contributed by atoms with Crippen LogP contribution in [0.3, 0.4) is 0 Å². The van der Waals surface area contributed by atoms with Crippen molar-refractivity contribution in [2.24, 2.45) is 0 Å². The van der Waals surface area contributed by atoms with Crippen LogP contribution in [0.2, 0.25) is 0 Å². The molecule has 2 aliphatic heterocycles. The van der Waals surface area contributed by atoms with Gasteiger partial charge in [-0.25, -0.2) is 4.79 Å². The van der Waals surface area contributed by atoms with Crippen LogP contribution < -0.4 is 15.4 Å². The number of hydrogen-bond donors (Lipinski definition) is 2. The fraction of sp³-hybridized carbons (Fsp3) is 0.526. The molecule has 2 aliphatic rings. The zero-order chi connectivity index (χ0) is 18.7. The van der Waals surface area contributed by atoms with Crippen LogP contribution in [0.25, 0.3) is 0 Å². The van der Waals surface area contributed by atoms with Gasteiger partial charge in [-0.1, -0.05) is 38.0 Å². The Balaban J connectivity index is 1.64. The average Bonchev–Trinajstić information content (AvgIpc) is 2.84. The first-order valence-corrected chi connectivity index (χ1v) is 9.10. The Bertz CT molecular complexity index is 720. The molecule has 0 unspecified atom stereocenters. The number of amides is 4. The lowest BCUT2D eigenvalue weighted by Gasteiger charge is -2.27. The Morgan fingerprint density at radius 3 is 2.92 bits per heavy atom. The van der Waals surface area contributed by atoms with Gasteiger partial charge in [0, 0.05) is 12.0 Å². The van der Waals surface area contributed by atoms with Crippen LogP contribution in [-0.2, 0) is 9.59 Å². The zero-order valence-corrected chi connectivity index (χ0v) is 15.2. The number of rotatable bonds is 6. The van der Waals surface area contributed by atoms with Crippen LogP contribution in [0.4, 0.5) is 4.79 Å². The van der Waals surface area contributed by atoms with Gasteiger partial charge < -0.3 is 15.4 Å². The Kier molecular flexibility index (Phi) is 5.15. The van der Waals surface area contributed by atoms with Gasteiger partial charge in [-0.2, -0.15) is 0 Å². The summed E-state index contributed by atoms with van der Waals surface area (Å²) in [6.45, 7) is 3.99. The molecule has 0 bridgehead atoms. The van der Waals surface area contributed by atoms with Crippen molar-refractivity contribution in [2.75, 3.05) is 13.2 Å². The Hall–Kier alpha value is -2.57. The minimum absolute atomic E-state index is 0.181. The summed E-state index contributed by atoms with van der Waals surface area (Å²) in [7, 11) is 0. The number of benzene rings is 1. The molecule has 1 aromatic rings. The number of para-hydroxylation sites is 1. The van der Waals surface area contributed by atoms with Crippen LogP contribution in [0.5, 0.6) is 5.75 Å². The standard InChI is InChI=1S/C19H25N3O4/c1-3-4-10-19(2)17(24)22(18(25)21-19)12-16(23)20-14-9-11-26-15-8-6-5-7-13(14)15/h5-8,14H,3-4,9-12H2,1-2H3,(H,20,23)(H,21,25)/t14-,19+/m0/s1. The molecular weight excluding hydrogens is 334 g/mol. The van der Waals surface area contributed by atoms with Crippen LogP contribution in [0, 0.1) is 0 Å². The molecule has 7 nitrogen and oxygen atoms in total. The average molecular weight is 359 g/mol. The highest BCUT2D eigenvalue weighted by molar-refractivity contribution is 6.08. The summed E-state index contributed by atoms with van der Waals surface area (Å²) >= 11 is 0. The second-order valence-corrected chi connectivity index (χ2v) is 7.05.